The molecule has 2 aromatic rings. The van der Waals surface area contributed by atoms with Gasteiger partial charge in [-0.1, -0.05) is 30.3 Å². The summed E-state index contributed by atoms with van der Waals surface area (Å²) in [6, 6.07) is 15.4. The van der Waals surface area contributed by atoms with Crippen LogP contribution >= 0.6 is 11.8 Å². The Morgan fingerprint density at radius 1 is 1.04 bits per heavy atom. The molecule has 0 spiro atoms. The Labute approximate surface area is 152 Å². The lowest BCUT2D eigenvalue weighted by atomic mass is 10.0. The zero-order valence-electron chi connectivity index (χ0n) is 14.3. The second-order valence-electron chi connectivity index (χ2n) is 6.15. The molecule has 1 N–H and O–H groups in total. The molecular weight excluding hydrogens is 332 g/mol. The third kappa shape index (κ3) is 4.42. The lowest BCUT2D eigenvalue weighted by Gasteiger charge is -2.19. The molecule has 4 nitrogen and oxygen atoms in total. The van der Waals surface area contributed by atoms with Gasteiger partial charge in [0.2, 0.25) is 5.91 Å². The van der Waals surface area contributed by atoms with Crippen molar-refractivity contribution < 1.29 is 9.59 Å². The quantitative estimate of drug-likeness (QED) is 0.827. The Kier molecular flexibility index (Phi) is 5.76. The summed E-state index contributed by atoms with van der Waals surface area (Å²) >= 11 is 1.48. The number of carbonyl (C=O) groups excluding carboxylic acids is 2. The van der Waals surface area contributed by atoms with E-state index >= 15 is 0 Å². The van der Waals surface area contributed by atoms with Crippen molar-refractivity contribution in [1.29, 1.82) is 0 Å². The van der Waals surface area contributed by atoms with Crippen molar-refractivity contribution in [3.05, 3.63) is 59.7 Å². The minimum Gasteiger partial charge on any atom is -0.339 e. The minimum atomic E-state index is -0.102. The largest absolute Gasteiger partial charge is 0.339 e. The van der Waals surface area contributed by atoms with Crippen LogP contribution in [0.5, 0.6) is 0 Å². The number of aryl methyl sites for hydroxylation is 1. The van der Waals surface area contributed by atoms with E-state index < -0.39 is 0 Å². The maximum Gasteiger partial charge on any atom is 0.256 e. The molecule has 0 bridgehead atoms. The molecule has 0 aliphatic carbocycles. The number of carbonyl (C=O) groups is 2. The molecule has 25 heavy (non-hydrogen) atoms. The third-order valence-corrected chi connectivity index (χ3v) is 5.28. The Hall–Kier alpha value is -2.27. The van der Waals surface area contributed by atoms with Crippen LogP contribution in [0.15, 0.2) is 53.4 Å². The predicted molar refractivity (Wildman–Crippen MR) is 102 cm³/mol. The highest BCUT2D eigenvalue weighted by Gasteiger charge is 2.24. The molecule has 1 aliphatic rings. The van der Waals surface area contributed by atoms with Crippen LogP contribution in [-0.4, -0.2) is 35.6 Å². The number of amides is 2. The first kappa shape index (κ1) is 17.5. The molecule has 0 radical (unpaired) electrons. The van der Waals surface area contributed by atoms with E-state index in [-0.39, 0.29) is 11.8 Å². The van der Waals surface area contributed by atoms with E-state index in [1.807, 2.05) is 54.3 Å². The van der Waals surface area contributed by atoms with E-state index in [0.29, 0.717) is 17.0 Å². The lowest BCUT2D eigenvalue weighted by molar-refractivity contribution is -0.113. The maximum absolute atomic E-state index is 12.8. The molecule has 1 saturated heterocycles. The molecule has 2 amide bonds. The highest BCUT2D eigenvalue weighted by Crippen LogP contribution is 2.24. The van der Waals surface area contributed by atoms with Gasteiger partial charge < -0.3 is 10.2 Å². The van der Waals surface area contributed by atoms with Crippen LogP contribution in [0, 0.1) is 6.92 Å². The Morgan fingerprint density at radius 3 is 2.48 bits per heavy atom. The summed E-state index contributed by atoms with van der Waals surface area (Å²) in [6.45, 7) is 3.51. The van der Waals surface area contributed by atoms with Gasteiger partial charge in [0.25, 0.3) is 5.91 Å². The molecule has 0 aromatic heterocycles. The summed E-state index contributed by atoms with van der Waals surface area (Å²) < 4.78 is 0. The molecule has 0 atom stereocenters. The fourth-order valence-electron chi connectivity index (χ4n) is 2.99. The number of anilines is 1. The van der Waals surface area contributed by atoms with Gasteiger partial charge in [0.15, 0.2) is 0 Å². The van der Waals surface area contributed by atoms with E-state index in [0.717, 1.165) is 36.4 Å². The summed E-state index contributed by atoms with van der Waals surface area (Å²) in [5, 5.41) is 2.92. The van der Waals surface area contributed by atoms with E-state index in [2.05, 4.69) is 5.32 Å². The van der Waals surface area contributed by atoms with Gasteiger partial charge in [0, 0.05) is 18.0 Å². The molecule has 0 saturated carbocycles. The Bertz CT molecular complexity index is 756. The molecule has 1 fully saturated rings. The van der Waals surface area contributed by atoms with E-state index in [1.165, 1.54) is 11.8 Å². The number of hydrogen-bond donors (Lipinski definition) is 1. The second-order valence-corrected chi connectivity index (χ2v) is 7.20. The normalized spacial score (nSPS) is 13.7. The molecular formula is C20H22N2O2S. The topological polar surface area (TPSA) is 49.4 Å². The number of hydrogen-bond acceptors (Lipinski definition) is 3. The van der Waals surface area contributed by atoms with Crippen LogP contribution in [0.25, 0.3) is 0 Å². The Morgan fingerprint density at radius 2 is 1.76 bits per heavy atom. The van der Waals surface area contributed by atoms with Crippen molar-refractivity contribution in [3.8, 4) is 0 Å². The van der Waals surface area contributed by atoms with Gasteiger partial charge in [0.05, 0.1) is 17.0 Å². The zero-order valence-corrected chi connectivity index (χ0v) is 15.1. The number of likely N-dealkylation sites (tertiary alicyclic amines) is 1. The lowest BCUT2D eigenvalue weighted by Crippen LogP contribution is -2.29. The molecule has 1 aliphatic heterocycles. The SMILES string of the molecule is Cc1cccc(NC(=O)CSc2ccccc2)c1C(=O)N1CCCC1. The van der Waals surface area contributed by atoms with Gasteiger partial charge in [-0.2, -0.15) is 0 Å². The molecule has 130 valence electrons. The first-order chi connectivity index (χ1) is 12.1. The molecule has 2 aromatic carbocycles. The van der Waals surface area contributed by atoms with Gasteiger partial charge >= 0.3 is 0 Å². The number of benzene rings is 2. The highest BCUT2D eigenvalue weighted by molar-refractivity contribution is 8.00. The molecule has 3 rings (SSSR count). The average molecular weight is 354 g/mol. The first-order valence-corrected chi connectivity index (χ1v) is 9.50. The average Bonchev–Trinajstić information content (AvgIpc) is 3.15. The van der Waals surface area contributed by atoms with E-state index in [4.69, 9.17) is 0 Å². The number of thioether (sulfide) groups is 1. The van der Waals surface area contributed by atoms with Crippen LogP contribution in [-0.2, 0) is 4.79 Å². The van der Waals surface area contributed by atoms with Gasteiger partial charge in [-0.25, -0.2) is 0 Å². The number of rotatable bonds is 5. The van der Waals surface area contributed by atoms with Crippen LogP contribution in [0.3, 0.4) is 0 Å². The molecule has 1 heterocycles. The summed E-state index contributed by atoms with van der Waals surface area (Å²) in [5.41, 5.74) is 2.11. The molecule has 0 unspecified atom stereocenters. The summed E-state index contributed by atoms with van der Waals surface area (Å²) in [7, 11) is 0. The van der Waals surface area contributed by atoms with Crippen molar-refractivity contribution in [2.45, 2.75) is 24.7 Å². The van der Waals surface area contributed by atoms with Gasteiger partial charge in [-0.05, 0) is 43.5 Å². The van der Waals surface area contributed by atoms with Gasteiger partial charge in [-0.3, -0.25) is 9.59 Å². The van der Waals surface area contributed by atoms with Gasteiger partial charge in [0.1, 0.15) is 0 Å². The van der Waals surface area contributed by atoms with E-state index in [9.17, 15) is 9.59 Å². The van der Waals surface area contributed by atoms with Crippen molar-refractivity contribution in [3.63, 3.8) is 0 Å². The standard InChI is InChI=1S/C20H22N2O2S/c1-15-8-7-11-17(19(15)20(24)22-12-5-6-13-22)21-18(23)14-25-16-9-3-2-4-10-16/h2-4,7-11H,5-6,12-14H2,1H3,(H,21,23). The number of nitrogens with zero attached hydrogens (tertiary/aromatic N) is 1. The van der Waals surface area contributed by atoms with E-state index in [1.54, 1.807) is 6.07 Å². The van der Waals surface area contributed by atoms with Crippen molar-refractivity contribution >= 4 is 29.3 Å². The fraction of sp³-hybridized carbons (Fsp3) is 0.300. The monoisotopic (exact) mass is 354 g/mol. The third-order valence-electron chi connectivity index (χ3n) is 4.27. The molecule has 5 heteroatoms. The predicted octanol–water partition coefficient (Wildman–Crippen LogP) is 3.96. The second kappa shape index (κ2) is 8.21. The smallest absolute Gasteiger partial charge is 0.256 e. The van der Waals surface area contributed by atoms with Crippen LogP contribution < -0.4 is 5.32 Å². The summed E-state index contributed by atoms with van der Waals surface area (Å²) in [6.07, 6.45) is 2.10. The summed E-state index contributed by atoms with van der Waals surface area (Å²) in [4.78, 5) is 28.1. The first-order valence-electron chi connectivity index (χ1n) is 8.52. The maximum atomic E-state index is 12.8. The van der Waals surface area contributed by atoms with Crippen LogP contribution in [0.1, 0.15) is 28.8 Å². The van der Waals surface area contributed by atoms with Crippen molar-refractivity contribution in [1.82, 2.24) is 4.90 Å². The zero-order chi connectivity index (χ0) is 17.6. The van der Waals surface area contributed by atoms with Crippen LogP contribution in [0.4, 0.5) is 5.69 Å². The highest BCUT2D eigenvalue weighted by atomic mass is 32.2. The van der Waals surface area contributed by atoms with Gasteiger partial charge in [-0.15, -0.1) is 11.8 Å². The fourth-order valence-corrected chi connectivity index (χ4v) is 3.71. The summed E-state index contributed by atoms with van der Waals surface area (Å²) in [5.74, 6) is 0.228. The van der Waals surface area contributed by atoms with Crippen molar-refractivity contribution in [2.75, 3.05) is 24.2 Å². The van der Waals surface area contributed by atoms with Crippen LogP contribution in [0.2, 0.25) is 0 Å². The Balaban J connectivity index is 1.70. The minimum absolute atomic E-state index is 0.0154. The van der Waals surface area contributed by atoms with Crippen molar-refractivity contribution in [2.24, 2.45) is 0 Å². The number of nitrogens with one attached hydrogen (secondary N) is 1.